The van der Waals surface area contributed by atoms with E-state index in [1.54, 1.807) is 20.1 Å². The van der Waals surface area contributed by atoms with E-state index in [4.69, 9.17) is 4.74 Å². The zero-order valence-corrected chi connectivity index (χ0v) is 8.89. The molecule has 0 aliphatic heterocycles. The molecule has 1 aromatic rings. The van der Waals surface area contributed by atoms with E-state index in [1.165, 1.54) is 6.07 Å². The van der Waals surface area contributed by atoms with Crippen LogP contribution in [0.5, 0.6) is 0 Å². The fraction of sp³-hybridized carbons (Fsp3) is 0.455. The van der Waals surface area contributed by atoms with Gasteiger partial charge in [-0.05, 0) is 13.0 Å². The molecule has 0 aliphatic carbocycles. The van der Waals surface area contributed by atoms with Crippen molar-refractivity contribution in [1.82, 2.24) is 5.32 Å². The maximum Gasteiger partial charge on any atom is 0.163 e. The molecule has 84 valence electrons. The average Bonchev–Trinajstić information content (AvgIpc) is 2.22. The van der Waals surface area contributed by atoms with Gasteiger partial charge in [0.1, 0.15) is 0 Å². The summed E-state index contributed by atoms with van der Waals surface area (Å²) >= 11 is 0. The molecule has 2 nitrogen and oxygen atoms in total. The average molecular weight is 215 g/mol. The van der Waals surface area contributed by atoms with Crippen LogP contribution in [0.2, 0.25) is 0 Å². The van der Waals surface area contributed by atoms with E-state index in [2.05, 4.69) is 5.32 Å². The van der Waals surface area contributed by atoms with Crippen molar-refractivity contribution in [3.63, 3.8) is 0 Å². The van der Waals surface area contributed by atoms with Crippen LogP contribution in [0.4, 0.5) is 8.78 Å². The van der Waals surface area contributed by atoms with Crippen LogP contribution in [0, 0.1) is 11.6 Å². The Morgan fingerprint density at radius 2 is 2.13 bits per heavy atom. The molecular weight excluding hydrogens is 200 g/mol. The third kappa shape index (κ3) is 3.25. The standard InChI is InChI=1S/C11H15F2NO/c1-8(14-6-7-15-2)9-4-3-5-10(12)11(9)13/h3-5,8,14H,6-7H2,1-2H3. The van der Waals surface area contributed by atoms with Gasteiger partial charge in [-0.2, -0.15) is 0 Å². The number of halogens is 2. The normalized spacial score (nSPS) is 12.8. The minimum atomic E-state index is -0.812. The molecular formula is C11H15F2NO. The van der Waals surface area contributed by atoms with Gasteiger partial charge in [-0.3, -0.25) is 0 Å². The summed E-state index contributed by atoms with van der Waals surface area (Å²) in [6.45, 7) is 2.93. The summed E-state index contributed by atoms with van der Waals surface area (Å²) in [5.41, 5.74) is 0.339. The van der Waals surface area contributed by atoms with E-state index < -0.39 is 11.6 Å². The fourth-order valence-corrected chi connectivity index (χ4v) is 1.34. The van der Waals surface area contributed by atoms with Crippen LogP contribution in [0.1, 0.15) is 18.5 Å². The summed E-state index contributed by atoms with van der Waals surface area (Å²) in [6, 6.07) is 3.96. The molecule has 1 aromatic carbocycles. The Balaban J connectivity index is 2.65. The molecule has 1 unspecified atom stereocenters. The van der Waals surface area contributed by atoms with Crippen LogP contribution in [-0.2, 0) is 4.74 Å². The first-order valence-electron chi connectivity index (χ1n) is 4.83. The lowest BCUT2D eigenvalue weighted by atomic mass is 10.1. The lowest BCUT2D eigenvalue weighted by molar-refractivity contribution is 0.196. The predicted octanol–water partition coefficient (Wildman–Crippen LogP) is 2.26. The molecule has 15 heavy (non-hydrogen) atoms. The Labute approximate surface area is 88.3 Å². The molecule has 4 heteroatoms. The smallest absolute Gasteiger partial charge is 0.163 e. The van der Waals surface area contributed by atoms with E-state index >= 15 is 0 Å². The maximum absolute atomic E-state index is 13.3. The zero-order valence-electron chi connectivity index (χ0n) is 8.89. The summed E-state index contributed by atoms with van der Waals surface area (Å²) in [6.07, 6.45) is 0. The molecule has 0 aliphatic rings. The molecule has 0 saturated carbocycles. The molecule has 0 amide bonds. The quantitative estimate of drug-likeness (QED) is 0.761. The predicted molar refractivity (Wildman–Crippen MR) is 54.7 cm³/mol. The summed E-state index contributed by atoms with van der Waals surface area (Å²) in [7, 11) is 1.59. The monoisotopic (exact) mass is 215 g/mol. The maximum atomic E-state index is 13.3. The molecule has 0 saturated heterocycles. The van der Waals surface area contributed by atoms with Gasteiger partial charge in [-0.15, -0.1) is 0 Å². The molecule has 0 radical (unpaired) electrons. The van der Waals surface area contributed by atoms with Crippen molar-refractivity contribution in [2.75, 3.05) is 20.3 Å². The van der Waals surface area contributed by atoms with Crippen LogP contribution >= 0.6 is 0 Å². The lowest BCUT2D eigenvalue weighted by Crippen LogP contribution is -2.23. The van der Waals surface area contributed by atoms with Crippen LogP contribution in [0.15, 0.2) is 18.2 Å². The lowest BCUT2D eigenvalue weighted by Gasteiger charge is -2.14. The number of hydrogen-bond acceptors (Lipinski definition) is 2. The van der Waals surface area contributed by atoms with Crippen LogP contribution < -0.4 is 5.32 Å². The number of methoxy groups -OCH3 is 1. The summed E-state index contributed by atoms with van der Waals surface area (Å²) < 4.78 is 31.1. The van der Waals surface area contributed by atoms with Gasteiger partial charge in [0.2, 0.25) is 0 Å². The van der Waals surface area contributed by atoms with Crippen molar-refractivity contribution in [3.05, 3.63) is 35.4 Å². The van der Waals surface area contributed by atoms with Crippen LogP contribution in [-0.4, -0.2) is 20.3 Å². The highest BCUT2D eigenvalue weighted by atomic mass is 19.2. The first kappa shape index (κ1) is 12.1. The topological polar surface area (TPSA) is 21.3 Å². The van der Waals surface area contributed by atoms with Crippen LogP contribution in [0.25, 0.3) is 0 Å². The number of ether oxygens (including phenoxy) is 1. The van der Waals surface area contributed by atoms with Crippen molar-refractivity contribution < 1.29 is 13.5 Å². The Hall–Kier alpha value is -1.00. The SMILES string of the molecule is COCCNC(C)c1cccc(F)c1F. The van der Waals surface area contributed by atoms with E-state index in [0.29, 0.717) is 18.7 Å². The molecule has 1 atom stereocenters. The second-order valence-electron chi connectivity index (χ2n) is 3.31. The number of benzene rings is 1. The van der Waals surface area contributed by atoms with Crippen molar-refractivity contribution in [2.24, 2.45) is 0 Å². The summed E-state index contributed by atoms with van der Waals surface area (Å²) in [4.78, 5) is 0. The molecule has 0 heterocycles. The number of hydrogen-bond donors (Lipinski definition) is 1. The zero-order chi connectivity index (χ0) is 11.3. The van der Waals surface area contributed by atoms with E-state index in [9.17, 15) is 8.78 Å². The highest BCUT2D eigenvalue weighted by Gasteiger charge is 2.12. The molecule has 0 spiro atoms. The van der Waals surface area contributed by atoms with Crippen molar-refractivity contribution in [2.45, 2.75) is 13.0 Å². The molecule has 0 bridgehead atoms. The summed E-state index contributed by atoms with van der Waals surface area (Å²) in [5.74, 6) is -1.59. The fourth-order valence-electron chi connectivity index (χ4n) is 1.34. The molecule has 0 fully saturated rings. The van der Waals surface area contributed by atoms with E-state index in [0.717, 1.165) is 6.07 Å². The van der Waals surface area contributed by atoms with Gasteiger partial charge < -0.3 is 10.1 Å². The molecule has 0 aromatic heterocycles. The van der Waals surface area contributed by atoms with Gasteiger partial charge in [-0.1, -0.05) is 12.1 Å². The van der Waals surface area contributed by atoms with Gasteiger partial charge in [-0.25, -0.2) is 8.78 Å². The van der Waals surface area contributed by atoms with Crippen molar-refractivity contribution in [1.29, 1.82) is 0 Å². The third-order valence-corrected chi connectivity index (χ3v) is 2.20. The Bertz CT molecular complexity index is 317. The Kier molecular flexibility index (Phi) is 4.65. The minimum absolute atomic E-state index is 0.226. The van der Waals surface area contributed by atoms with Crippen molar-refractivity contribution in [3.8, 4) is 0 Å². The molecule has 1 rings (SSSR count). The highest BCUT2D eigenvalue weighted by Crippen LogP contribution is 2.18. The number of rotatable bonds is 5. The van der Waals surface area contributed by atoms with Gasteiger partial charge >= 0.3 is 0 Å². The Morgan fingerprint density at radius 3 is 2.80 bits per heavy atom. The largest absolute Gasteiger partial charge is 0.383 e. The van der Waals surface area contributed by atoms with Crippen LogP contribution in [0.3, 0.4) is 0 Å². The second kappa shape index (κ2) is 5.78. The number of nitrogens with one attached hydrogen (secondary N) is 1. The van der Waals surface area contributed by atoms with Crippen molar-refractivity contribution >= 4 is 0 Å². The Morgan fingerprint density at radius 1 is 1.40 bits per heavy atom. The van der Waals surface area contributed by atoms with E-state index in [-0.39, 0.29) is 6.04 Å². The molecule has 1 N–H and O–H groups in total. The van der Waals surface area contributed by atoms with Gasteiger partial charge in [0.15, 0.2) is 11.6 Å². The minimum Gasteiger partial charge on any atom is -0.383 e. The third-order valence-electron chi connectivity index (χ3n) is 2.20. The first-order chi connectivity index (χ1) is 7.16. The first-order valence-corrected chi connectivity index (χ1v) is 4.83. The van der Waals surface area contributed by atoms with Gasteiger partial charge in [0.05, 0.1) is 6.61 Å². The van der Waals surface area contributed by atoms with Gasteiger partial charge in [0, 0.05) is 25.3 Å². The highest BCUT2D eigenvalue weighted by molar-refractivity contribution is 5.21. The van der Waals surface area contributed by atoms with E-state index in [1.807, 2.05) is 0 Å². The second-order valence-corrected chi connectivity index (χ2v) is 3.31. The van der Waals surface area contributed by atoms with Gasteiger partial charge in [0.25, 0.3) is 0 Å². The summed E-state index contributed by atoms with van der Waals surface area (Å²) in [5, 5.41) is 3.04.